The van der Waals surface area contributed by atoms with Gasteiger partial charge in [-0.15, -0.1) is 18.2 Å². The van der Waals surface area contributed by atoms with Gasteiger partial charge in [-0.05, 0) is 28.6 Å². The predicted octanol–water partition coefficient (Wildman–Crippen LogP) is 4.13. The maximum atomic E-state index is 14.9. The number of esters is 9. The Kier molecular flexibility index (Phi) is 27.8. The molecule has 87 heavy (non-hydrogen) atoms. The van der Waals surface area contributed by atoms with E-state index in [9.17, 15) is 47.9 Å². The van der Waals surface area contributed by atoms with Gasteiger partial charge in [-0.3, -0.25) is 43.2 Å². The zero-order chi connectivity index (χ0) is 65.6. The highest BCUT2D eigenvalue weighted by Crippen LogP contribution is 2.51. The molecule has 3 heterocycles. The highest BCUT2D eigenvalue weighted by atomic mass is 35.5. The van der Waals surface area contributed by atoms with Crippen molar-refractivity contribution < 1.29 is 127 Å². The third-order valence-corrected chi connectivity index (χ3v) is 25.4. The minimum Gasteiger partial charge on any atom is -0.465 e. The average molecular weight is 1300 g/mol. The first-order valence-corrected chi connectivity index (χ1v) is 33.2. The first kappa shape index (κ1) is 74.3. The van der Waals surface area contributed by atoms with Gasteiger partial charge in [0.25, 0.3) is 5.79 Å². The van der Waals surface area contributed by atoms with Gasteiger partial charge in [0.05, 0.1) is 51.1 Å². The molecule has 4 aliphatic rings. The molecule has 3 aliphatic heterocycles. The quantitative estimate of drug-likeness (QED) is 0.0397. The van der Waals surface area contributed by atoms with Crippen LogP contribution in [0.1, 0.15) is 124 Å². The molecule has 0 unspecified atom stereocenters. The lowest BCUT2D eigenvalue weighted by Gasteiger charge is -2.51. The van der Waals surface area contributed by atoms with E-state index >= 15 is 0 Å². The van der Waals surface area contributed by atoms with Crippen molar-refractivity contribution in [3.05, 3.63) is 12.7 Å². The van der Waals surface area contributed by atoms with Crippen molar-refractivity contribution in [1.82, 2.24) is 5.32 Å². The van der Waals surface area contributed by atoms with E-state index in [0.717, 1.165) is 55.6 Å². The van der Waals surface area contributed by atoms with Crippen molar-refractivity contribution in [2.24, 2.45) is 5.92 Å². The Morgan fingerprint density at radius 2 is 1.13 bits per heavy atom. The average Bonchev–Trinajstić information content (AvgIpc) is 1.73. The van der Waals surface area contributed by atoms with E-state index in [1.165, 1.54) is 13.0 Å². The van der Waals surface area contributed by atoms with Gasteiger partial charge in [0.1, 0.15) is 43.5 Å². The number of carbonyl (C=O) groups excluding carboxylic acids is 10. The van der Waals surface area contributed by atoms with Gasteiger partial charge in [-0.2, -0.15) is 0 Å². The molecule has 4 fully saturated rings. The molecule has 0 radical (unpaired) electrons. The second kappa shape index (κ2) is 32.5. The van der Waals surface area contributed by atoms with Crippen LogP contribution in [0, 0.1) is 5.92 Å². The Hall–Kier alpha value is -5.16. The molecule has 4 rings (SSSR count). The summed E-state index contributed by atoms with van der Waals surface area (Å²) in [7, 11) is -5.87. The third-order valence-electron chi connectivity index (χ3n) is 15.0. The van der Waals surface area contributed by atoms with E-state index < -0.39 is 206 Å². The Balaban J connectivity index is 2.09. The van der Waals surface area contributed by atoms with Gasteiger partial charge in [-0.1, -0.05) is 61.5 Å². The highest BCUT2D eigenvalue weighted by molar-refractivity contribution is 6.84. The Labute approximate surface area is 514 Å². The van der Waals surface area contributed by atoms with Gasteiger partial charge in [-0.25, -0.2) is 4.79 Å². The van der Waals surface area contributed by atoms with Crippen molar-refractivity contribution in [2.75, 3.05) is 39.4 Å². The van der Waals surface area contributed by atoms with Crippen LogP contribution in [0.4, 0.5) is 0 Å². The molecule has 0 aromatic rings. The first-order chi connectivity index (χ1) is 40.6. The van der Waals surface area contributed by atoms with Gasteiger partial charge in [0, 0.05) is 61.3 Å². The number of fused-ring (bicyclic) bond motifs is 1. The van der Waals surface area contributed by atoms with Crippen LogP contribution < -0.4 is 5.32 Å². The van der Waals surface area contributed by atoms with E-state index in [1.54, 1.807) is 0 Å². The maximum absolute atomic E-state index is 14.9. The lowest BCUT2D eigenvalue weighted by Crippen LogP contribution is -2.69. The van der Waals surface area contributed by atoms with Gasteiger partial charge in [0.15, 0.2) is 36.8 Å². The lowest BCUT2D eigenvalue weighted by molar-refractivity contribution is -0.372. The number of ether oxygens (including phenoxy) is 14. The SMILES string of the molecule is C=CCO[C@@H]1C[C@H](CO[C@@]2(C(=O)OC)C[C@@H](OC(=O)CCl)[C@@H](O[C@H]3O[C@H]([C@H](COC(C)=O)OC(C)=O)[C@@H](OC(C)=O)[C@H](OC(C)=O)[C@@H]3OC(C)=O)[C@@H]([C@@H](COC(C)=O)OC(C)=O)O2)[C@H]2O[Si](C(C)C)(C(C)C)O[Si](C(C)C)(C(C)C)O[C@@H]2[C@H]1NC(C)=O. The molecule has 1 aliphatic carbocycles. The molecule has 0 aromatic heterocycles. The normalized spacial score (nSPS) is 30.0. The van der Waals surface area contributed by atoms with Crippen LogP contribution >= 0.6 is 11.6 Å². The number of nitrogens with one attached hydrogen (secondary N) is 1. The van der Waals surface area contributed by atoms with Crippen molar-refractivity contribution in [1.29, 1.82) is 0 Å². The van der Waals surface area contributed by atoms with Crippen LogP contribution in [-0.2, 0) is 127 Å². The highest BCUT2D eigenvalue weighted by Gasteiger charge is 2.66. The molecule has 31 heteroatoms. The number of carbonyl (C=O) groups is 10. The largest absolute Gasteiger partial charge is 0.465 e. The molecule has 28 nitrogen and oxygen atoms in total. The Morgan fingerprint density at radius 3 is 1.57 bits per heavy atom. The summed E-state index contributed by atoms with van der Waals surface area (Å²) < 4.78 is 106. The van der Waals surface area contributed by atoms with Crippen LogP contribution in [0.3, 0.4) is 0 Å². The fraction of sp³-hybridized carbons (Fsp3) is 0.786. The summed E-state index contributed by atoms with van der Waals surface area (Å²) >= 11 is 6.12. The van der Waals surface area contributed by atoms with Crippen molar-refractivity contribution in [3.8, 4) is 0 Å². The zero-order valence-electron chi connectivity index (χ0n) is 52.6. The number of amides is 1. The molecule has 0 bridgehead atoms. The molecule has 1 saturated carbocycles. The monoisotopic (exact) mass is 1300 g/mol. The van der Waals surface area contributed by atoms with Gasteiger partial charge in [0.2, 0.25) is 5.91 Å². The minimum absolute atomic E-state index is 0.0227. The first-order valence-electron chi connectivity index (χ1n) is 28.8. The van der Waals surface area contributed by atoms with E-state index in [-0.39, 0.29) is 35.2 Å². The molecule has 3 saturated heterocycles. The van der Waals surface area contributed by atoms with Crippen LogP contribution in [0.2, 0.25) is 22.2 Å². The topological polar surface area (TPSA) is 340 Å². The maximum Gasteiger partial charge on any atom is 0.366 e. The molecular formula is C56H88ClNO27Si2. The number of halogens is 1. The van der Waals surface area contributed by atoms with Crippen LogP contribution in [-0.4, -0.2) is 208 Å². The second-order valence-electron chi connectivity index (χ2n) is 22.9. The summed E-state index contributed by atoms with van der Waals surface area (Å²) in [5.41, 5.74) is -0.685. The zero-order valence-corrected chi connectivity index (χ0v) is 55.4. The number of alkyl halides is 1. The third kappa shape index (κ3) is 19.0. The van der Waals surface area contributed by atoms with Crippen LogP contribution in [0.15, 0.2) is 12.7 Å². The fourth-order valence-corrected chi connectivity index (χ4v) is 23.0. The van der Waals surface area contributed by atoms with E-state index in [1.807, 2.05) is 55.4 Å². The summed E-state index contributed by atoms with van der Waals surface area (Å²) in [5, 5.41) is 3.08. The second-order valence-corrected chi connectivity index (χ2v) is 32.0. The molecule has 16 atom stereocenters. The number of hydrogen-bond donors (Lipinski definition) is 1. The molecule has 1 amide bonds. The Bertz CT molecular complexity index is 2430. The summed E-state index contributed by atoms with van der Waals surface area (Å²) in [6.07, 6.45) is -21.5. The van der Waals surface area contributed by atoms with Crippen molar-refractivity contribution in [3.63, 3.8) is 0 Å². The van der Waals surface area contributed by atoms with Gasteiger partial charge >= 0.3 is 70.8 Å². The summed E-state index contributed by atoms with van der Waals surface area (Å²) in [4.78, 5) is 132. The summed E-state index contributed by atoms with van der Waals surface area (Å²) in [6, 6.07) is -0.846. The van der Waals surface area contributed by atoms with E-state index in [0.29, 0.717) is 0 Å². The smallest absolute Gasteiger partial charge is 0.366 e. The standard InChI is InChI=1S/C56H88ClNO27Si2/c1-19-20-70-40-21-39(46-50(45(40)58-31(10)59)84-87(29(6)7,30(8)9)85-86(83-46,27(2)3)28(4)5)24-73-56(55(68)69-18)22-41(79-44(67)23-57)47(49(82-56)43(75-35(14)63)26-72-33(12)61)80-54-53(78-38(17)66)52(77-37(16)65)51(76-36(15)64)48(81-54)42(74-34(13)62)25-71-32(11)60/h19,27-30,39-43,45-54H,1,20-26H2,2-18H3,(H,58,59)/t39-,40-,41-,42+,43-,45+,46-,47-,48-,49-,50-,51-,52+,53+,54+,56+/m1/s1. The van der Waals surface area contributed by atoms with Crippen LogP contribution in [0.25, 0.3) is 0 Å². The Morgan fingerprint density at radius 1 is 0.632 bits per heavy atom. The van der Waals surface area contributed by atoms with Crippen molar-refractivity contribution >= 4 is 88.4 Å². The number of methoxy groups -OCH3 is 1. The van der Waals surface area contributed by atoms with Crippen LogP contribution in [0.5, 0.6) is 0 Å². The number of rotatable bonds is 27. The molecule has 1 N–H and O–H groups in total. The van der Waals surface area contributed by atoms with E-state index in [2.05, 4.69) is 11.9 Å². The molecule has 494 valence electrons. The predicted molar refractivity (Wildman–Crippen MR) is 304 cm³/mol. The lowest BCUT2D eigenvalue weighted by atomic mass is 9.79. The minimum atomic E-state index is -3.46. The molecular weight excluding hydrogens is 1210 g/mol. The number of hydrogen-bond acceptors (Lipinski definition) is 27. The summed E-state index contributed by atoms with van der Waals surface area (Å²) in [6.45, 7) is 26.2. The van der Waals surface area contributed by atoms with Crippen molar-refractivity contribution in [2.45, 2.75) is 237 Å². The van der Waals surface area contributed by atoms with Gasteiger partial charge < -0.3 is 84.6 Å². The summed E-state index contributed by atoms with van der Waals surface area (Å²) in [5.74, 6) is -14.2. The molecule has 0 aromatic carbocycles. The fourth-order valence-electron chi connectivity index (χ4n) is 11.5. The molecule has 0 spiro atoms. The van der Waals surface area contributed by atoms with E-state index in [4.69, 9.17) is 90.9 Å².